The van der Waals surface area contributed by atoms with Crippen molar-refractivity contribution in [1.29, 1.82) is 0 Å². The molecule has 0 aromatic heterocycles. The third-order valence-corrected chi connectivity index (χ3v) is 2.54. The van der Waals surface area contributed by atoms with E-state index in [4.69, 9.17) is 5.73 Å². The van der Waals surface area contributed by atoms with Gasteiger partial charge >= 0.3 is 0 Å². The van der Waals surface area contributed by atoms with Crippen molar-refractivity contribution in [2.24, 2.45) is 10.1 Å². The van der Waals surface area contributed by atoms with Gasteiger partial charge in [0.05, 0.1) is 12.2 Å². The number of Topliss-reactive ketones (excluding diaryl/α,β-unsaturated/α-hetero) is 1. The number of piperidine rings is 1. The molecule has 1 heterocycles. The van der Waals surface area contributed by atoms with Crippen molar-refractivity contribution in [3.8, 4) is 0 Å². The molecule has 0 bridgehead atoms. The van der Waals surface area contributed by atoms with Crippen LogP contribution in [0.1, 0.15) is 12.8 Å². The Labute approximate surface area is 76.3 Å². The molecule has 0 aliphatic carbocycles. The van der Waals surface area contributed by atoms with E-state index < -0.39 is 0 Å². The number of likely N-dealkylation sites (tertiary alicyclic amines) is 1. The zero-order chi connectivity index (χ0) is 8.81. The fourth-order valence-corrected chi connectivity index (χ4v) is 1.66. The van der Waals surface area contributed by atoms with Crippen LogP contribution in [0.25, 0.3) is 0 Å². The van der Waals surface area contributed by atoms with Gasteiger partial charge in [0.25, 0.3) is 0 Å². The summed E-state index contributed by atoms with van der Waals surface area (Å²) in [6, 6.07) is 0. The molecule has 1 saturated heterocycles. The first-order valence-corrected chi connectivity index (χ1v) is 4.87. The van der Waals surface area contributed by atoms with Crippen LogP contribution in [-0.4, -0.2) is 36.0 Å². The molecule has 0 aromatic carbocycles. The quantitative estimate of drug-likeness (QED) is 0.391. The molecule has 1 rings (SSSR count). The number of rotatable bonds is 3. The van der Waals surface area contributed by atoms with E-state index in [0.717, 1.165) is 19.0 Å². The molecular formula is C7H13N3OS. The SMILES string of the molecule is N/C=N\SCN1CCC(=O)CC1. The predicted molar refractivity (Wildman–Crippen MR) is 51.0 cm³/mol. The Morgan fingerprint density at radius 1 is 1.58 bits per heavy atom. The minimum Gasteiger partial charge on any atom is -0.389 e. The van der Waals surface area contributed by atoms with Gasteiger partial charge in [0.1, 0.15) is 5.78 Å². The summed E-state index contributed by atoms with van der Waals surface area (Å²) in [5.74, 6) is 1.21. The van der Waals surface area contributed by atoms with Crippen molar-refractivity contribution < 1.29 is 4.79 Å². The van der Waals surface area contributed by atoms with E-state index in [1.807, 2.05) is 0 Å². The highest BCUT2D eigenvalue weighted by atomic mass is 32.2. The third-order valence-electron chi connectivity index (χ3n) is 1.79. The van der Waals surface area contributed by atoms with E-state index in [-0.39, 0.29) is 0 Å². The first kappa shape index (κ1) is 9.54. The molecule has 2 N–H and O–H groups in total. The number of nitrogens with two attached hydrogens (primary N) is 1. The summed E-state index contributed by atoms with van der Waals surface area (Å²) in [5.41, 5.74) is 5.08. The van der Waals surface area contributed by atoms with Crippen LogP contribution < -0.4 is 5.73 Å². The molecule has 68 valence electrons. The molecule has 5 heteroatoms. The lowest BCUT2D eigenvalue weighted by Crippen LogP contribution is -2.33. The van der Waals surface area contributed by atoms with Crippen molar-refractivity contribution in [3.63, 3.8) is 0 Å². The zero-order valence-corrected chi connectivity index (χ0v) is 7.72. The van der Waals surface area contributed by atoms with Crippen molar-refractivity contribution >= 4 is 24.1 Å². The summed E-state index contributed by atoms with van der Waals surface area (Å²) in [7, 11) is 0. The van der Waals surface area contributed by atoms with Crippen LogP contribution in [0.15, 0.2) is 4.40 Å². The fraction of sp³-hybridized carbons (Fsp3) is 0.714. The van der Waals surface area contributed by atoms with Gasteiger partial charge in [0.2, 0.25) is 0 Å². The van der Waals surface area contributed by atoms with Crippen molar-refractivity contribution in [1.82, 2.24) is 4.90 Å². The standard InChI is InChI=1S/C7H13N3OS/c8-5-9-12-6-10-3-1-7(11)2-4-10/h5H,1-4,6H2,(H2,8,9). The van der Waals surface area contributed by atoms with Gasteiger partial charge in [0, 0.05) is 25.9 Å². The Hall–Kier alpha value is -0.550. The predicted octanol–water partition coefficient (Wildman–Crippen LogP) is 0.244. The molecular weight excluding hydrogens is 174 g/mol. The molecule has 1 aliphatic heterocycles. The molecule has 1 fully saturated rings. The number of ketones is 1. The summed E-state index contributed by atoms with van der Waals surface area (Å²) < 4.78 is 3.83. The highest BCUT2D eigenvalue weighted by Gasteiger charge is 2.15. The maximum absolute atomic E-state index is 10.9. The van der Waals surface area contributed by atoms with E-state index in [1.165, 1.54) is 18.3 Å². The Kier molecular flexibility index (Phi) is 4.10. The topological polar surface area (TPSA) is 58.7 Å². The summed E-state index contributed by atoms with van der Waals surface area (Å²) >= 11 is 1.42. The van der Waals surface area contributed by atoms with Gasteiger partial charge < -0.3 is 5.73 Å². The van der Waals surface area contributed by atoms with Crippen LogP contribution in [0.5, 0.6) is 0 Å². The van der Waals surface area contributed by atoms with Crippen LogP contribution >= 0.6 is 11.9 Å². The Bertz CT molecular complexity index is 173. The molecule has 0 spiro atoms. The summed E-state index contributed by atoms with van der Waals surface area (Å²) in [5, 5.41) is 0. The smallest absolute Gasteiger partial charge is 0.135 e. The second-order valence-corrected chi connectivity index (χ2v) is 3.40. The van der Waals surface area contributed by atoms with Gasteiger partial charge in [-0.3, -0.25) is 9.69 Å². The minimum absolute atomic E-state index is 0.374. The maximum atomic E-state index is 10.9. The molecule has 4 nitrogen and oxygen atoms in total. The minimum atomic E-state index is 0.374. The van der Waals surface area contributed by atoms with E-state index in [2.05, 4.69) is 9.30 Å². The summed E-state index contributed by atoms with van der Waals surface area (Å²) in [6.07, 6.45) is 2.67. The molecule has 0 radical (unpaired) electrons. The van der Waals surface area contributed by atoms with Crippen LogP contribution in [0, 0.1) is 0 Å². The van der Waals surface area contributed by atoms with Gasteiger partial charge in [-0.1, -0.05) is 0 Å². The fourth-order valence-electron chi connectivity index (χ4n) is 1.09. The van der Waals surface area contributed by atoms with Gasteiger partial charge in [-0.15, -0.1) is 0 Å². The highest BCUT2D eigenvalue weighted by molar-refractivity contribution is 7.98. The van der Waals surface area contributed by atoms with Crippen LogP contribution in [0.2, 0.25) is 0 Å². The van der Waals surface area contributed by atoms with Gasteiger partial charge in [-0.2, -0.15) is 0 Å². The summed E-state index contributed by atoms with van der Waals surface area (Å²) in [4.78, 5) is 13.1. The molecule has 1 aliphatic rings. The zero-order valence-electron chi connectivity index (χ0n) is 6.90. The number of carbonyl (C=O) groups is 1. The van der Waals surface area contributed by atoms with Gasteiger partial charge in [0.15, 0.2) is 0 Å². The first-order valence-electron chi connectivity index (χ1n) is 3.92. The molecule has 0 amide bonds. The molecule has 0 aromatic rings. The van der Waals surface area contributed by atoms with E-state index in [1.54, 1.807) is 0 Å². The largest absolute Gasteiger partial charge is 0.389 e. The molecule has 0 atom stereocenters. The van der Waals surface area contributed by atoms with Crippen molar-refractivity contribution in [3.05, 3.63) is 0 Å². The van der Waals surface area contributed by atoms with E-state index in [9.17, 15) is 4.79 Å². The van der Waals surface area contributed by atoms with Crippen LogP contribution in [0.4, 0.5) is 0 Å². The van der Waals surface area contributed by atoms with E-state index in [0.29, 0.717) is 18.6 Å². The molecule has 0 unspecified atom stereocenters. The number of hydrogen-bond donors (Lipinski definition) is 1. The molecule has 12 heavy (non-hydrogen) atoms. The normalized spacial score (nSPS) is 20.5. The second-order valence-electron chi connectivity index (χ2n) is 2.67. The van der Waals surface area contributed by atoms with Crippen LogP contribution in [-0.2, 0) is 4.79 Å². The average molecular weight is 187 g/mol. The molecule has 0 saturated carbocycles. The Balaban J connectivity index is 2.13. The Morgan fingerprint density at radius 2 is 2.25 bits per heavy atom. The number of nitrogens with zero attached hydrogens (tertiary/aromatic N) is 2. The van der Waals surface area contributed by atoms with Crippen molar-refractivity contribution in [2.75, 3.05) is 19.0 Å². The third kappa shape index (κ3) is 3.23. The average Bonchev–Trinajstić information content (AvgIpc) is 2.09. The lowest BCUT2D eigenvalue weighted by molar-refractivity contribution is -0.121. The second kappa shape index (κ2) is 5.16. The van der Waals surface area contributed by atoms with Crippen molar-refractivity contribution in [2.45, 2.75) is 12.8 Å². The monoisotopic (exact) mass is 187 g/mol. The maximum Gasteiger partial charge on any atom is 0.135 e. The lowest BCUT2D eigenvalue weighted by atomic mass is 10.1. The van der Waals surface area contributed by atoms with Gasteiger partial charge in [-0.25, -0.2) is 4.40 Å². The summed E-state index contributed by atoms with van der Waals surface area (Å²) in [6.45, 7) is 1.73. The Morgan fingerprint density at radius 3 is 2.83 bits per heavy atom. The number of hydrogen-bond acceptors (Lipinski definition) is 4. The number of carbonyl (C=O) groups excluding carboxylic acids is 1. The first-order chi connectivity index (χ1) is 5.83. The lowest BCUT2D eigenvalue weighted by Gasteiger charge is -2.23. The highest BCUT2D eigenvalue weighted by Crippen LogP contribution is 2.10. The van der Waals surface area contributed by atoms with Gasteiger partial charge in [-0.05, 0) is 11.9 Å². The van der Waals surface area contributed by atoms with E-state index >= 15 is 0 Å². The van der Waals surface area contributed by atoms with Crippen LogP contribution in [0.3, 0.4) is 0 Å².